The van der Waals surface area contributed by atoms with Crippen LogP contribution in [-0.2, 0) is 9.53 Å². The Hall–Kier alpha value is -1.56. The largest absolute Gasteiger partial charge is 0.375 e. The van der Waals surface area contributed by atoms with Crippen LogP contribution in [0.3, 0.4) is 0 Å². The van der Waals surface area contributed by atoms with Crippen molar-refractivity contribution in [3.63, 3.8) is 0 Å². The molecule has 0 aromatic heterocycles. The third-order valence-electron chi connectivity index (χ3n) is 2.39. The van der Waals surface area contributed by atoms with Gasteiger partial charge in [0.05, 0.1) is 12.7 Å². The number of carbonyl (C=O) groups is 1. The van der Waals surface area contributed by atoms with E-state index in [4.69, 9.17) is 10.5 Å². The Morgan fingerprint density at radius 2 is 2.53 bits per heavy atom. The zero-order chi connectivity index (χ0) is 12.7. The lowest BCUT2D eigenvalue weighted by Gasteiger charge is -2.31. The van der Waals surface area contributed by atoms with Crippen LogP contribution in [0.5, 0.6) is 0 Å². The molecule has 0 bridgehead atoms. The van der Waals surface area contributed by atoms with Gasteiger partial charge in [-0.3, -0.25) is 4.79 Å². The zero-order valence-electron chi connectivity index (χ0n) is 10.2. The molecule has 1 rings (SSSR count). The average Bonchev–Trinajstić information content (AvgIpc) is 2.33. The molecule has 96 valence electrons. The molecule has 6 heteroatoms. The van der Waals surface area contributed by atoms with E-state index in [0.717, 1.165) is 0 Å². The van der Waals surface area contributed by atoms with E-state index in [1.807, 2.05) is 11.8 Å². The number of nitrogens with two attached hydrogens (primary N) is 1. The van der Waals surface area contributed by atoms with E-state index in [1.54, 1.807) is 6.08 Å². The van der Waals surface area contributed by atoms with Crippen molar-refractivity contribution in [3.05, 3.63) is 12.7 Å². The van der Waals surface area contributed by atoms with Gasteiger partial charge >= 0.3 is 0 Å². The average molecular weight is 240 g/mol. The summed E-state index contributed by atoms with van der Waals surface area (Å²) in [5.74, 6) is 0.239. The molecule has 0 saturated carbocycles. The normalized spacial score (nSPS) is 21.1. The van der Waals surface area contributed by atoms with Gasteiger partial charge in [-0.15, -0.1) is 6.58 Å². The maximum Gasteiger partial charge on any atom is 0.242 e. The molecule has 1 unspecified atom stereocenters. The molecule has 0 spiro atoms. The topological polar surface area (TPSA) is 80.0 Å². The zero-order valence-corrected chi connectivity index (χ0v) is 10.2. The van der Waals surface area contributed by atoms with Crippen molar-refractivity contribution < 1.29 is 9.53 Å². The van der Waals surface area contributed by atoms with Crippen molar-refractivity contribution in [2.75, 3.05) is 32.8 Å². The molecule has 0 aromatic rings. The minimum absolute atomic E-state index is 0.0470. The molecule has 1 aliphatic rings. The molecule has 1 fully saturated rings. The Bertz CT molecular complexity index is 304. The Balaban J connectivity index is 2.37. The van der Waals surface area contributed by atoms with Gasteiger partial charge in [0, 0.05) is 19.6 Å². The number of aliphatic imine (C=N–C) groups is 1. The number of guanidine groups is 1. The van der Waals surface area contributed by atoms with E-state index in [2.05, 4.69) is 16.9 Å². The molecular formula is C11H20N4O2. The van der Waals surface area contributed by atoms with Crippen LogP contribution in [0.15, 0.2) is 17.6 Å². The van der Waals surface area contributed by atoms with Crippen LogP contribution in [0.1, 0.15) is 6.92 Å². The fourth-order valence-corrected chi connectivity index (χ4v) is 1.52. The van der Waals surface area contributed by atoms with E-state index in [0.29, 0.717) is 32.2 Å². The third kappa shape index (κ3) is 4.86. The number of nitrogens with zero attached hydrogens (tertiary/aromatic N) is 2. The van der Waals surface area contributed by atoms with E-state index in [-0.39, 0.29) is 18.6 Å². The van der Waals surface area contributed by atoms with Crippen molar-refractivity contribution in [3.8, 4) is 0 Å². The molecule has 0 aromatic carbocycles. The van der Waals surface area contributed by atoms with Crippen molar-refractivity contribution in [2.24, 2.45) is 10.7 Å². The van der Waals surface area contributed by atoms with Gasteiger partial charge in [-0.1, -0.05) is 6.08 Å². The van der Waals surface area contributed by atoms with Gasteiger partial charge in [0.15, 0.2) is 5.96 Å². The summed E-state index contributed by atoms with van der Waals surface area (Å²) in [5, 5.41) is 2.64. The van der Waals surface area contributed by atoms with Crippen LogP contribution in [0.2, 0.25) is 0 Å². The van der Waals surface area contributed by atoms with E-state index in [9.17, 15) is 4.79 Å². The first kappa shape index (κ1) is 13.5. The standard InChI is InChI=1S/C11H20N4O2/c1-3-4-13-10(16)7-14-11(12)15-5-6-17-9(2)8-15/h3,9H,1,4-8H2,2H3,(H2,12,14)(H,13,16). The second kappa shape index (κ2) is 6.90. The number of carbonyl (C=O) groups excluding carboxylic acids is 1. The number of ether oxygens (including phenoxy) is 1. The highest BCUT2D eigenvalue weighted by atomic mass is 16.5. The van der Waals surface area contributed by atoms with Crippen LogP contribution in [0.25, 0.3) is 0 Å². The van der Waals surface area contributed by atoms with Crippen molar-refractivity contribution in [1.29, 1.82) is 0 Å². The van der Waals surface area contributed by atoms with Crippen LogP contribution in [-0.4, -0.2) is 55.7 Å². The maximum atomic E-state index is 11.3. The quantitative estimate of drug-likeness (QED) is 0.388. The summed E-state index contributed by atoms with van der Waals surface area (Å²) in [7, 11) is 0. The van der Waals surface area contributed by atoms with Gasteiger partial charge in [-0.2, -0.15) is 0 Å². The number of rotatable bonds is 4. The molecule has 1 amide bonds. The minimum Gasteiger partial charge on any atom is -0.375 e. The Labute approximate surface area is 102 Å². The first-order valence-electron chi connectivity index (χ1n) is 5.67. The van der Waals surface area contributed by atoms with Gasteiger partial charge in [0.1, 0.15) is 6.54 Å². The summed E-state index contributed by atoms with van der Waals surface area (Å²) in [5.41, 5.74) is 5.81. The summed E-state index contributed by atoms with van der Waals surface area (Å²) in [6.07, 6.45) is 1.77. The van der Waals surface area contributed by atoms with Crippen LogP contribution >= 0.6 is 0 Å². The maximum absolute atomic E-state index is 11.3. The Morgan fingerprint density at radius 3 is 3.18 bits per heavy atom. The van der Waals surface area contributed by atoms with Gasteiger partial charge < -0.3 is 20.7 Å². The van der Waals surface area contributed by atoms with Gasteiger partial charge in [0.2, 0.25) is 5.91 Å². The molecule has 6 nitrogen and oxygen atoms in total. The third-order valence-corrected chi connectivity index (χ3v) is 2.39. The second-order valence-electron chi connectivity index (χ2n) is 3.89. The van der Waals surface area contributed by atoms with E-state index < -0.39 is 0 Å². The predicted molar refractivity (Wildman–Crippen MR) is 66.7 cm³/mol. The molecular weight excluding hydrogens is 220 g/mol. The summed E-state index contributed by atoms with van der Waals surface area (Å²) in [6.45, 7) is 8.06. The van der Waals surface area contributed by atoms with Crippen LogP contribution in [0, 0.1) is 0 Å². The monoisotopic (exact) mass is 240 g/mol. The van der Waals surface area contributed by atoms with Crippen molar-refractivity contribution in [1.82, 2.24) is 10.2 Å². The molecule has 3 N–H and O–H groups in total. The fourth-order valence-electron chi connectivity index (χ4n) is 1.52. The van der Waals surface area contributed by atoms with Crippen LogP contribution < -0.4 is 11.1 Å². The van der Waals surface area contributed by atoms with E-state index in [1.165, 1.54) is 0 Å². The van der Waals surface area contributed by atoms with Gasteiger partial charge in [-0.05, 0) is 6.92 Å². The first-order valence-corrected chi connectivity index (χ1v) is 5.67. The molecule has 1 atom stereocenters. The predicted octanol–water partition coefficient (Wildman–Crippen LogP) is -0.676. The van der Waals surface area contributed by atoms with Crippen molar-refractivity contribution in [2.45, 2.75) is 13.0 Å². The number of nitrogens with one attached hydrogen (secondary N) is 1. The number of morpholine rings is 1. The summed E-state index contributed by atoms with van der Waals surface area (Å²) < 4.78 is 5.39. The Morgan fingerprint density at radius 1 is 1.76 bits per heavy atom. The molecule has 1 heterocycles. The fraction of sp³-hybridized carbons (Fsp3) is 0.636. The first-order chi connectivity index (χ1) is 8.13. The SMILES string of the molecule is C=CCNC(=O)CN=C(N)N1CCOC(C)C1. The second-order valence-corrected chi connectivity index (χ2v) is 3.89. The van der Waals surface area contributed by atoms with Gasteiger partial charge in [-0.25, -0.2) is 4.99 Å². The summed E-state index contributed by atoms with van der Waals surface area (Å²) in [6, 6.07) is 0. The number of hydrogen-bond acceptors (Lipinski definition) is 3. The lowest BCUT2D eigenvalue weighted by Crippen LogP contribution is -2.48. The molecule has 17 heavy (non-hydrogen) atoms. The lowest BCUT2D eigenvalue weighted by molar-refractivity contribution is -0.119. The highest BCUT2D eigenvalue weighted by molar-refractivity contribution is 5.84. The highest BCUT2D eigenvalue weighted by Crippen LogP contribution is 2.03. The summed E-state index contributed by atoms with van der Waals surface area (Å²) in [4.78, 5) is 17.3. The number of amides is 1. The number of hydrogen-bond donors (Lipinski definition) is 2. The van der Waals surface area contributed by atoms with E-state index >= 15 is 0 Å². The lowest BCUT2D eigenvalue weighted by atomic mass is 10.3. The minimum atomic E-state index is -0.158. The molecule has 1 saturated heterocycles. The Kier molecular flexibility index (Phi) is 5.48. The summed E-state index contributed by atoms with van der Waals surface area (Å²) >= 11 is 0. The molecule has 0 radical (unpaired) electrons. The molecule has 1 aliphatic heterocycles. The van der Waals surface area contributed by atoms with Gasteiger partial charge in [0.25, 0.3) is 0 Å². The highest BCUT2D eigenvalue weighted by Gasteiger charge is 2.17. The smallest absolute Gasteiger partial charge is 0.242 e. The molecule has 0 aliphatic carbocycles. The van der Waals surface area contributed by atoms with Crippen LogP contribution in [0.4, 0.5) is 0 Å². The van der Waals surface area contributed by atoms with Crippen molar-refractivity contribution >= 4 is 11.9 Å².